The Labute approximate surface area is 144 Å². The number of hydrogen-bond donors (Lipinski definition) is 5. The molecule has 1 aromatic carbocycles. The van der Waals surface area contributed by atoms with Crippen molar-refractivity contribution in [3.8, 4) is 11.5 Å². The molecule has 25 heavy (non-hydrogen) atoms. The van der Waals surface area contributed by atoms with E-state index in [-0.39, 0.29) is 30.8 Å². The van der Waals surface area contributed by atoms with Crippen LogP contribution in [-0.4, -0.2) is 51.9 Å². The highest BCUT2D eigenvalue weighted by atomic mass is 16.5. The third-order valence-electron chi connectivity index (χ3n) is 3.65. The summed E-state index contributed by atoms with van der Waals surface area (Å²) in [4.78, 5) is 34.8. The van der Waals surface area contributed by atoms with E-state index in [4.69, 9.17) is 15.6 Å². The predicted octanol–water partition coefficient (Wildman–Crippen LogP) is -0.120. The van der Waals surface area contributed by atoms with Crippen molar-refractivity contribution in [1.82, 2.24) is 5.32 Å². The first kappa shape index (κ1) is 20.2. The summed E-state index contributed by atoms with van der Waals surface area (Å²) < 4.78 is 4.72. The standard InChI is InChI=1S/C16H22N2O7/c1-16(15(24)25-2,8-9-3-5-11(19)12(20)7-9)18-13(21)6-4-10(17)14(22)23/h3,5,7,10,19-20H,4,6,8,17H2,1-2H3,(H,18,21)(H,22,23). The number of carbonyl (C=O) groups excluding carboxylic acids is 2. The quantitative estimate of drug-likeness (QED) is 0.319. The van der Waals surface area contributed by atoms with Crippen molar-refractivity contribution in [3.05, 3.63) is 23.8 Å². The van der Waals surface area contributed by atoms with Crippen molar-refractivity contribution in [2.24, 2.45) is 5.73 Å². The van der Waals surface area contributed by atoms with Crippen molar-refractivity contribution in [3.63, 3.8) is 0 Å². The molecule has 0 saturated heterocycles. The van der Waals surface area contributed by atoms with E-state index in [2.05, 4.69) is 5.32 Å². The minimum Gasteiger partial charge on any atom is -0.504 e. The second-order valence-electron chi connectivity index (χ2n) is 5.86. The number of hydrogen-bond acceptors (Lipinski definition) is 7. The summed E-state index contributed by atoms with van der Waals surface area (Å²) in [5.41, 5.74) is 4.38. The molecule has 0 aliphatic rings. The second kappa shape index (κ2) is 8.34. The zero-order valence-electron chi connectivity index (χ0n) is 14.0. The van der Waals surface area contributed by atoms with Crippen LogP contribution >= 0.6 is 0 Å². The minimum atomic E-state index is -1.44. The number of carboxylic acids is 1. The molecule has 1 rings (SSSR count). The van der Waals surface area contributed by atoms with Crippen LogP contribution in [0, 0.1) is 0 Å². The maximum absolute atomic E-state index is 12.1. The number of amides is 1. The Morgan fingerprint density at radius 1 is 1.28 bits per heavy atom. The number of phenolic OH excluding ortho intramolecular Hbond substituents is 2. The first-order chi connectivity index (χ1) is 11.6. The Hall–Kier alpha value is -2.81. The van der Waals surface area contributed by atoms with Gasteiger partial charge in [0.05, 0.1) is 7.11 Å². The van der Waals surface area contributed by atoms with E-state index in [0.29, 0.717) is 5.56 Å². The summed E-state index contributed by atoms with van der Waals surface area (Å²) in [6, 6.07) is 2.84. The number of esters is 1. The molecule has 0 radical (unpaired) electrons. The lowest BCUT2D eigenvalue weighted by Gasteiger charge is -2.28. The number of aliphatic carboxylic acids is 1. The van der Waals surface area contributed by atoms with Crippen LogP contribution in [0.25, 0.3) is 0 Å². The third kappa shape index (κ3) is 5.64. The summed E-state index contributed by atoms with van der Waals surface area (Å²) in [6.45, 7) is 1.44. The fourth-order valence-corrected chi connectivity index (χ4v) is 2.26. The van der Waals surface area contributed by atoms with Crippen molar-refractivity contribution >= 4 is 17.8 Å². The molecule has 2 atom stereocenters. The van der Waals surface area contributed by atoms with Gasteiger partial charge < -0.3 is 31.1 Å². The first-order valence-corrected chi connectivity index (χ1v) is 7.47. The maximum Gasteiger partial charge on any atom is 0.331 e. The average Bonchev–Trinajstić information content (AvgIpc) is 2.54. The lowest BCUT2D eigenvalue weighted by molar-refractivity contribution is -0.150. The Kier molecular flexibility index (Phi) is 6.75. The Morgan fingerprint density at radius 2 is 1.92 bits per heavy atom. The first-order valence-electron chi connectivity index (χ1n) is 7.47. The highest BCUT2D eigenvalue weighted by Crippen LogP contribution is 2.27. The number of methoxy groups -OCH3 is 1. The van der Waals surface area contributed by atoms with Gasteiger partial charge in [-0.25, -0.2) is 4.79 Å². The number of nitrogens with one attached hydrogen (secondary N) is 1. The Bertz CT molecular complexity index is 662. The van der Waals surface area contributed by atoms with Gasteiger partial charge >= 0.3 is 11.9 Å². The van der Waals surface area contributed by atoms with Crippen LogP contribution in [0.1, 0.15) is 25.3 Å². The molecule has 0 aromatic heterocycles. The number of phenols is 2. The minimum absolute atomic E-state index is 0.00969. The number of benzene rings is 1. The molecule has 0 fully saturated rings. The second-order valence-corrected chi connectivity index (χ2v) is 5.86. The third-order valence-corrected chi connectivity index (χ3v) is 3.65. The molecular weight excluding hydrogens is 332 g/mol. The summed E-state index contributed by atoms with van der Waals surface area (Å²) in [7, 11) is 1.17. The molecule has 1 aromatic rings. The normalized spacial score (nSPS) is 14.2. The van der Waals surface area contributed by atoms with Gasteiger partial charge in [0, 0.05) is 12.8 Å². The molecule has 9 heteroatoms. The lowest BCUT2D eigenvalue weighted by atomic mass is 9.92. The van der Waals surface area contributed by atoms with Gasteiger partial charge in [0.25, 0.3) is 0 Å². The monoisotopic (exact) mass is 354 g/mol. The predicted molar refractivity (Wildman–Crippen MR) is 86.9 cm³/mol. The SMILES string of the molecule is COC(=O)C(C)(Cc1ccc(O)c(O)c1)NC(=O)CCC(N)C(=O)O. The van der Waals surface area contributed by atoms with Gasteiger partial charge in [0.1, 0.15) is 11.6 Å². The van der Waals surface area contributed by atoms with Crippen molar-refractivity contribution < 1.29 is 34.4 Å². The summed E-state index contributed by atoms with van der Waals surface area (Å²) >= 11 is 0. The van der Waals surface area contributed by atoms with Gasteiger partial charge in [-0.2, -0.15) is 0 Å². The fraction of sp³-hybridized carbons (Fsp3) is 0.438. The van der Waals surface area contributed by atoms with E-state index < -0.39 is 29.4 Å². The molecule has 1 amide bonds. The molecule has 9 nitrogen and oxygen atoms in total. The van der Waals surface area contributed by atoms with E-state index in [1.165, 1.54) is 32.2 Å². The van der Waals surface area contributed by atoms with Gasteiger partial charge in [0.15, 0.2) is 11.5 Å². The van der Waals surface area contributed by atoms with E-state index in [0.717, 1.165) is 0 Å². The number of rotatable bonds is 8. The van der Waals surface area contributed by atoms with Gasteiger partial charge in [0.2, 0.25) is 5.91 Å². The molecule has 0 spiro atoms. The molecule has 0 aliphatic carbocycles. The number of aromatic hydroxyl groups is 2. The van der Waals surface area contributed by atoms with Gasteiger partial charge in [-0.3, -0.25) is 9.59 Å². The van der Waals surface area contributed by atoms with Gasteiger partial charge in [-0.1, -0.05) is 6.07 Å². The van der Waals surface area contributed by atoms with Crippen LogP contribution in [-0.2, 0) is 25.5 Å². The largest absolute Gasteiger partial charge is 0.504 e. The van der Waals surface area contributed by atoms with Crippen molar-refractivity contribution in [2.75, 3.05) is 7.11 Å². The maximum atomic E-state index is 12.1. The van der Waals surface area contributed by atoms with E-state index in [1.807, 2.05) is 0 Å². The molecular formula is C16H22N2O7. The van der Waals surface area contributed by atoms with Crippen LogP contribution in [0.3, 0.4) is 0 Å². The van der Waals surface area contributed by atoms with Crippen molar-refractivity contribution in [2.45, 2.75) is 37.8 Å². The van der Waals surface area contributed by atoms with E-state index >= 15 is 0 Å². The molecule has 6 N–H and O–H groups in total. The highest BCUT2D eigenvalue weighted by Gasteiger charge is 2.36. The van der Waals surface area contributed by atoms with E-state index in [9.17, 15) is 24.6 Å². The Balaban J connectivity index is 2.87. The smallest absolute Gasteiger partial charge is 0.331 e. The fourth-order valence-electron chi connectivity index (χ4n) is 2.26. The number of ether oxygens (including phenoxy) is 1. The van der Waals surface area contributed by atoms with Gasteiger partial charge in [-0.15, -0.1) is 0 Å². The molecule has 2 unspecified atom stereocenters. The van der Waals surface area contributed by atoms with Gasteiger partial charge in [-0.05, 0) is 31.0 Å². The molecule has 138 valence electrons. The van der Waals surface area contributed by atoms with Crippen LogP contribution in [0.5, 0.6) is 11.5 Å². The molecule has 0 aliphatic heterocycles. The zero-order valence-corrected chi connectivity index (χ0v) is 14.0. The number of carbonyl (C=O) groups is 3. The zero-order chi connectivity index (χ0) is 19.2. The van der Waals surface area contributed by atoms with Crippen LogP contribution < -0.4 is 11.1 Å². The summed E-state index contributed by atoms with van der Waals surface area (Å²) in [5.74, 6) is -3.16. The van der Waals surface area contributed by atoms with Crippen LogP contribution in [0.4, 0.5) is 0 Å². The molecule has 0 saturated carbocycles. The summed E-state index contributed by atoms with van der Waals surface area (Å²) in [5, 5.41) is 30.1. The number of nitrogens with two attached hydrogens (primary N) is 1. The van der Waals surface area contributed by atoms with Crippen LogP contribution in [0.2, 0.25) is 0 Å². The molecule has 0 heterocycles. The summed E-state index contributed by atoms with van der Waals surface area (Å²) in [6.07, 6.45) is -0.274. The van der Waals surface area contributed by atoms with Crippen molar-refractivity contribution in [1.29, 1.82) is 0 Å². The average molecular weight is 354 g/mol. The molecule has 0 bridgehead atoms. The Morgan fingerprint density at radius 3 is 2.44 bits per heavy atom. The number of carboxylic acid groups (broad SMARTS) is 1. The topological polar surface area (TPSA) is 159 Å². The van der Waals surface area contributed by atoms with Crippen LogP contribution in [0.15, 0.2) is 18.2 Å². The highest BCUT2D eigenvalue weighted by molar-refractivity contribution is 5.88. The van der Waals surface area contributed by atoms with E-state index in [1.54, 1.807) is 0 Å². The lowest BCUT2D eigenvalue weighted by Crippen LogP contribution is -2.54.